The van der Waals surface area contributed by atoms with Crippen LogP contribution in [0.3, 0.4) is 0 Å². The number of halogens is 1. The van der Waals surface area contributed by atoms with E-state index in [1.54, 1.807) is 0 Å². The second-order valence-electron chi connectivity index (χ2n) is 6.18. The number of piperazine rings is 1. The number of carbonyl (C=O) groups is 2. The van der Waals surface area contributed by atoms with Gasteiger partial charge in [0.05, 0.1) is 4.88 Å². The molecule has 1 aromatic heterocycles. The highest BCUT2D eigenvalue weighted by molar-refractivity contribution is 7.14. The van der Waals surface area contributed by atoms with Crippen LogP contribution in [0.5, 0.6) is 0 Å². The van der Waals surface area contributed by atoms with Gasteiger partial charge in [-0.25, -0.2) is 0 Å². The molecule has 2 heterocycles. The van der Waals surface area contributed by atoms with Crippen LogP contribution in [0.25, 0.3) is 0 Å². The third-order valence-corrected chi connectivity index (χ3v) is 5.66. The monoisotopic (exact) mass is 376 g/mol. The van der Waals surface area contributed by atoms with Crippen LogP contribution >= 0.6 is 22.9 Å². The number of Topliss-reactive ketones (excluding diaryl/α,β-unsaturated/α-hetero) is 1. The first-order chi connectivity index (χ1) is 12.0. The zero-order valence-corrected chi connectivity index (χ0v) is 15.8. The summed E-state index contributed by atoms with van der Waals surface area (Å²) in [6, 6.07) is 11.6. The molecule has 0 radical (unpaired) electrons. The number of thiophene rings is 1. The van der Waals surface area contributed by atoms with Gasteiger partial charge in [0.15, 0.2) is 5.78 Å². The van der Waals surface area contributed by atoms with E-state index in [1.165, 1.54) is 11.3 Å². The Morgan fingerprint density at radius 1 is 1.08 bits per heavy atom. The van der Waals surface area contributed by atoms with E-state index < -0.39 is 0 Å². The topological polar surface area (TPSA) is 40.6 Å². The third-order valence-electron chi connectivity index (χ3n) is 4.39. The number of amides is 1. The Hall–Kier alpha value is -1.85. The SMILES string of the molecule is Cc1ccc(C(=O)CCC(=O)N2CCN(c3cccc(Cl)c3)CC2)s1. The Kier molecular flexibility index (Phi) is 5.76. The molecule has 0 saturated carbocycles. The van der Waals surface area contributed by atoms with Gasteiger partial charge >= 0.3 is 0 Å². The van der Waals surface area contributed by atoms with Gasteiger partial charge in [0, 0.05) is 54.6 Å². The molecule has 3 rings (SSSR count). The Labute approximate surface area is 157 Å². The van der Waals surface area contributed by atoms with E-state index in [0.29, 0.717) is 13.1 Å². The molecule has 1 saturated heterocycles. The van der Waals surface area contributed by atoms with Gasteiger partial charge < -0.3 is 9.80 Å². The first-order valence-electron chi connectivity index (χ1n) is 8.41. The average Bonchev–Trinajstić information content (AvgIpc) is 3.06. The molecular weight excluding hydrogens is 356 g/mol. The van der Waals surface area contributed by atoms with Gasteiger partial charge in [0.2, 0.25) is 5.91 Å². The van der Waals surface area contributed by atoms with Gasteiger partial charge in [-0.15, -0.1) is 11.3 Å². The second kappa shape index (κ2) is 8.02. The predicted octanol–water partition coefficient (Wildman–Crippen LogP) is 4.02. The van der Waals surface area contributed by atoms with Gasteiger partial charge in [-0.1, -0.05) is 17.7 Å². The van der Waals surface area contributed by atoms with Crippen molar-refractivity contribution in [1.29, 1.82) is 0 Å². The lowest BCUT2D eigenvalue weighted by atomic mass is 10.1. The van der Waals surface area contributed by atoms with Crippen molar-refractivity contribution in [3.05, 3.63) is 51.2 Å². The minimum atomic E-state index is 0.0593. The summed E-state index contributed by atoms with van der Waals surface area (Å²) in [6.07, 6.45) is 0.570. The van der Waals surface area contributed by atoms with E-state index in [2.05, 4.69) is 4.90 Å². The number of rotatable bonds is 5. The third kappa shape index (κ3) is 4.61. The van der Waals surface area contributed by atoms with Crippen LogP contribution in [0, 0.1) is 6.92 Å². The molecular formula is C19H21ClN2O2S. The lowest BCUT2D eigenvalue weighted by Gasteiger charge is -2.36. The quantitative estimate of drug-likeness (QED) is 0.740. The number of carbonyl (C=O) groups excluding carboxylic acids is 2. The highest BCUT2D eigenvalue weighted by Crippen LogP contribution is 2.21. The first kappa shape index (κ1) is 18.0. The summed E-state index contributed by atoms with van der Waals surface area (Å²) in [6.45, 7) is 4.90. The summed E-state index contributed by atoms with van der Waals surface area (Å²) in [5.74, 6) is 0.122. The second-order valence-corrected chi connectivity index (χ2v) is 7.91. The molecule has 6 heteroatoms. The van der Waals surface area contributed by atoms with Crippen molar-refractivity contribution in [3.8, 4) is 0 Å². The minimum Gasteiger partial charge on any atom is -0.368 e. The van der Waals surface area contributed by atoms with E-state index in [0.717, 1.165) is 33.6 Å². The average molecular weight is 377 g/mol. The van der Waals surface area contributed by atoms with E-state index in [9.17, 15) is 9.59 Å². The van der Waals surface area contributed by atoms with Crippen molar-refractivity contribution in [2.24, 2.45) is 0 Å². The van der Waals surface area contributed by atoms with Crippen molar-refractivity contribution in [2.75, 3.05) is 31.1 Å². The largest absolute Gasteiger partial charge is 0.368 e. The molecule has 1 aliphatic rings. The first-order valence-corrected chi connectivity index (χ1v) is 9.60. The van der Waals surface area contributed by atoms with Gasteiger partial charge in [-0.05, 0) is 37.3 Å². The minimum absolute atomic E-state index is 0.0593. The number of aryl methyl sites for hydroxylation is 1. The number of ketones is 1. The molecule has 0 bridgehead atoms. The number of nitrogens with zero attached hydrogens (tertiary/aromatic N) is 2. The Morgan fingerprint density at radius 3 is 2.48 bits per heavy atom. The van der Waals surface area contributed by atoms with Crippen LogP contribution < -0.4 is 4.90 Å². The zero-order chi connectivity index (χ0) is 17.8. The number of hydrogen-bond acceptors (Lipinski definition) is 4. The number of hydrogen-bond donors (Lipinski definition) is 0. The van der Waals surface area contributed by atoms with Crippen LogP contribution in [-0.2, 0) is 4.79 Å². The number of benzene rings is 1. The van der Waals surface area contributed by atoms with Crippen molar-refractivity contribution in [3.63, 3.8) is 0 Å². The molecule has 0 N–H and O–H groups in total. The van der Waals surface area contributed by atoms with Crippen LogP contribution in [0.2, 0.25) is 5.02 Å². The molecule has 4 nitrogen and oxygen atoms in total. The van der Waals surface area contributed by atoms with E-state index in [4.69, 9.17) is 11.6 Å². The standard InChI is InChI=1S/C19H21ClN2O2S/c1-14-5-7-18(25-14)17(23)6-8-19(24)22-11-9-21(10-12-22)16-4-2-3-15(20)13-16/h2-5,7,13H,6,8-12H2,1H3. The maximum atomic E-state index is 12.4. The summed E-state index contributed by atoms with van der Waals surface area (Å²) in [5, 5.41) is 0.721. The van der Waals surface area contributed by atoms with Crippen molar-refractivity contribution >= 4 is 40.3 Å². The lowest BCUT2D eigenvalue weighted by Crippen LogP contribution is -2.48. The Bertz CT molecular complexity index is 766. The van der Waals surface area contributed by atoms with Crippen LogP contribution in [0.4, 0.5) is 5.69 Å². The smallest absolute Gasteiger partial charge is 0.223 e. The molecule has 1 aliphatic heterocycles. The molecule has 1 fully saturated rings. The molecule has 132 valence electrons. The molecule has 0 spiro atoms. The summed E-state index contributed by atoms with van der Waals surface area (Å²) in [5.41, 5.74) is 1.09. The van der Waals surface area contributed by atoms with Gasteiger partial charge in [-0.2, -0.15) is 0 Å². The summed E-state index contributed by atoms with van der Waals surface area (Å²) in [4.78, 5) is 30.5. The van der Waals surface area contributed by atoms with Gasteiger partial charge in [-0.3, -0.25) is 9.59 Å². The molecule has 0 atom stereocenters. The summed E-state index contributed by atoms with van der Waals surface area (Å²) in [7, 11) is 0. The zero-order valence-electron chi connectivity index (χ0n) is 14.2. The highest BCUT2D eigenvalue weighted by atomic mass is 35.5. The van der Waals surface area contributed by atoms with Gasteiger partial charge in [0.1, 0.15) is 0 Å². The number of anilines is 1. The fourth-order valence-corrected chi connectivity index (χ4v) is 3.99. The molecule has 2 aromatic rings. The fourth-order valence-electron chi connectivity index (χ4n) is 2.97. The molecule has 25 heavy (non-hydrogen) atoms. The van der Waals surface area contributed by atoms with Crippen LogP contribution in [0.15, 0.2) is 36.4 Å². The Balaban J connectivity index is 1.47. The predicted molar refractivity (Wildman–Crippen MR) is 103 cm³/mol. The van der Waals surface area contributed by atoms with Crippen LogP contribution in [0.1, 0.15) is 27.4 Å². The van der Waals surface area contributed by atoms with Crippen molar-refractivity contribution in [2.45, 2.75) is 19.8 Å². The van der Waals surface area contributed by atoms with Gasteiger partial charge in [0.25, 0.3) is 0 Å². The lowest BCUT2D eigenvalue weighted by molar-refractivity contribution is -0.131. The molecule has 1 amide bonds. The maximum Gasteiger partial charge on any atom is 0.223 e. The molecule has 1 aromatic carbocycles. The van der Waals surface area contributed by atoms with E-state index in [1.807, 2.05) is 48.2 Å². The normalized spacial score (nSPS) is 14.6. The van der Waals surface area contributed by atoms with Crippen molar-refractivity contribution in [1.82, 2.24) is 4.90 Å². The Morgan fingerprint density at radius 2 is 1.84 bits per heavy atom. The molecule has 0 unspecified atom stereocenters. The van der Waals surface area contributed by atoms with E-state index >= 15 is 0 Å². The van der Waals surface area contributed by atoms with E-state index in [-0.39, 0.29) is 24.5 Å². The maximum absolute atomic E-state index is 12.4. The van der Waals surface area contributed by atoms with Crippen LogP contribution in [-0.4, -0.2) is 42.8 Å². The fraction of sp³-hybridized carbons (Fsp3) is 0.368. The molecule has 0 aliphatic carbocycles. The van der Waals surface area contributed by atoms with Crippen molar-refractivity contribution < 1.29 is 9.59 Å². The summed E-state index contributed by atoms with van der Waals surface area (Å²) < 4.78 is 0. The highest BCUT2D eigenvalue weighted by Gasteiger charge is 2.22. The summed E-state index contributed by atoms with van der Waals surface area (Å²) >= 11 is 7.53.